The highest BCUT2D eigenvalue weighted by molar-refractivity contribution is 5.87. The molecular formula is C32H36N4O2. The van der Waals surface area contributed by atoms with E-state index < -0.39 is 0 Å². The maximum Gasteiger partial charge on any atom is 0.245 e. The summed E-state index contributed by atoms with van der Waals surface area (Å²) in [5.74, 6) is 0.790. The van der Waals surface area contributed by atoms with Crippen molar-refractivity contribution in [2.45, 2.75) is 26.3 Å². The van der Waals surface area contributed by atoms with Crippen molar-refractivity contribution in [3.8, 4) is 28.3 Å². The first kappa shape index (κ1) is 24.7. The van der Waals surface area contributed by atoms with Crippen LogP contribution in [0.2, 0.25) is 0 Å². The first-order valence-electron chi connectivity index (χ1n) is 13.8. The molecule has 1 spiro atoms. The van der Waals surface area contributed by atoms with Crippen LogP contribution in [-0.2, 0) is 11.3 Å². The molecule has 3 aromatic rings. The Kier molecular flexibility index (Phi) is 6.66. The van der Waals surface area contributed by atoms with Gasteiger partial charge in [0.05, 0.1) is 12.2 Å². The molecule has 6 nitrogen and oxygen atoms in total. The molecule has 38 heavy (non-hydrogen) atoms. The van der Waals surface area contributed by atoms with Crippen molar-refractivity contribution >= 4 is 11.6 Å². The topological polar surface area (TPSA) is 48.9 Å². The van der Waals surface area contributed by atoms with E-state index in [9.17, 15) is 4.79 Å². The Hall–Kier alpha value is -3.64. The van der Waals surface area contributed by atoms with Crippen molar-refractivity contribution in [2.24, 2.45) is 5.41 Å². The monoisotopic (exact) mass is 508 g/mol. The van der Waals surface area contributed by atoms with Gasteiger partial charge in [-0.25, -0.2) is 4.98 Å². The van der Waals surface area contributed by atoms with E-state index in [4.69, 9.17) is 9.72 Å². The van der Waals surface area contributed by atoms with Crippen molar-refractivity contribution < 1.29 is 9.53 Å². The van der Waals surface area contributed by atoms with Crippen LogP contribution in [0, 0.1) is 5.41 Å². The van der Waals surface area contributed by atoms with Crippen molar-refractivity contribution in [1.29, 1.82) is 0 Å². The molecule has 6 heteroatoms. The number of carbonyl (C=O) groups is 1. The zero-order valence-corrected chi connectivity index (χ0v) is 22.2. The van der Waals surface area contributed by atoms with Gasteiger partial charge in [-0.3, -0.25) is 9.69 Å². The van der Waals surface area contributed by atoms with Crippen molar-refractivity contribution in [3.05, 3.63) is 78.9 Å². The summed E-state index contributed by atoms with van der Waals surface area (Å²) < 4.78 is 6.00. The van der Waals surface area contributed by atoms with Crippen LogP contribution in [0.4, 0.5) is 5.69 Å². The molecule has 2 fully saturated rings. The number of benzene rings is 2. The zero-order chi connectivity index (χ0) is 26.1. The molecule has 2 aromatic carbocycles. The third-order valence-corrected chi connectivity index (χ3v) is 8.44. The summed E-state index contributed by atoms with van der Waals surface area (Å²) in [5, 5.41) is 0. The SMILES string of the molecule is C=CC(=O)N1CCC2(CC1)CN(Cc1ccc(-c3nc4c(cc3-c3ccccc3)N(CC)CCO4)cc1)C2. The van der Waals surface area contributed by atoms with Gasteiger partial charge in [0.1, 0.15) is 12.3 Å². The Labute approximate surface area is 225 Å². The summed E-state index contributed by atoms with van der Waals surface area (Å²) in [4.78, 5) is 23.8. The Morgan fingerprint density at radius 1 is 1.03 bits per heavy atom. The summed E-state index contributed by atoms with van der Waals surface area (Å²) in [7, 11) is 0. The fraction of sp³-hybridized carbons (Fsp3) is 0.375. The third-order valence-electron chi connectivity index (χ3n) is 8.44. The number of anilines is 1. The van der Waals surface area contributed by atoms with E-state index in [0.717, 1.165) is 92.6 Å². The summed E-state index contributed by atoms with van der Waals surface area (Å²) >= 11 is 0. The minimum absolute atomic E-state index is 0.0641. The molecule has 3 aliphatic heterocycles. The second-order valence-corrected chi connectivity index (χ2v) is 10.9. The number of piperidine rings is 1. The van der Waals surface area contributed by atoms with Crippen LogP contribution in [0.15, 0.2) is 73.3 Å². The number of fused-ring (bicyclic) bond motifs is 1. The van der Waals surface area contributed by atoms with E-state index in [1.165, 1.54) is 11.6 Å². The molecule has 0 N–H and O–H groups in total. The average Bonchev–Trinajstić information content (AvgIpc) is 2.96. The number of hydrogen-bond acceptors (Lipinski definition) is 5. The lowest BCUT2D eigenvalue weighted by atomic mass is 9.72. The van der Waals surface area contributed by atoms with Crippen molar-refractivity contribution in [1.82, 2.24) is 14.8 Å². The van der Waals surface area contributed by atoms with Crippen LogP contribution in [0.5, 0.6) is 5.88 Å². The molecule has 0 saturated carbocycles. The summed E-state index contributed by atoms with van der Waals surface area (Å²) in [6.45, 7) is 13.2. The Morgan fingerprint density at radius 2 is 1.76 bits per heavy atom. The van der Waals surface area contributed by atoms with Crippen LogP contribution in [0.1, 0.15) is 25.3 Å². The second kappa shape index (κ2) is 10.3. The highest BCUT2D eigenvalue weighted by Crippen LogP contribution is 2.42. The van der Waals surface area contributed by atoms with Crippen LogP contribution in [0.3, 0.4) is 0 Å². The van der Waals surface area contributed by atoms with Gasteiger partial charge in [-0.1, -0.05) is 61.2 Å². The normalized spacial score (nSPS) is 18.4. The fourth-order valence-corrected chi connectivity index (χ4v) is 6.27. The van der Waals surface area contributed by atoms with Gasteiger partial charge in [-0.05, 0) is 48.4 Å². The Balaban J connectivity index is 1.18. The number of ether oxygens (including phenoxy) is 1. The molecule has 0 aliphatic carbocycles. The van der Waals surface area contributed by atoms with E-state index in [0.29, 0.717) is 12.0 Å². The first-order valence-corrected chi connectivity index (χ1v) is 13.8. The summed E-state index contributed by atoms with van der Waals surface area (Å²) in [6.07, 6.45) is 3.61. The van der Waals surface area contributed by atoms with Crippen LogP contribution in [-0.4, -0.2) is 66.6 Å². The molecular weight excluding hydrogens is 472 g/mol. The fourth-order valence-electron chi connectivity index (χ4n) is 6.27. The van der Waals surface area contributed by atoms with Gasteiger partial charge in [0.25, 0.3) is 0 Å². The van der Waals surface area contributed by atoms with Gasteiger partial charge in [0.2, 0.25) is 11.8 Å². The molecule has 6 rings (SSSR count). The van der Waals surface area contributed by atoms with Crippen LogP contribution >= 0.6 is 0 Å². The summed E-state index contributed by atoms with van der Waals surface area (Å²) in [6, 6.07) is 21.6. The molecule has 0 atom stereocenters. The quantitative estimate of drug-likeness (QED) is 0.426. The van der Waals surface area contributed by atoms with Crippen LogP contribution < -0.4 is 9.64 Å². The number of amides is 1. The molecule has 1 amide bonds. The van der Waals surface area contributed by atoms with E-state index in [1.807, 2.05) is 4.90 Å². The van der Waals surface area contributed by atoms with Gasteiger partial charge in [-0.15, -0.1) is 0 Å². The molecule has 196 valence electrons. The first-order chi connectivity index (χ1) is 18.6. The lowest BCUT2D eigenvalue weighted by Gasteiger charge is -2.54. The Bertz CT molecular complexity index is 1310. The number of pyridine rings is 1. The number of aromatic nitrogens is 1. The number of hydrogen-bond donors (Lipinski definition) is 0. The average molecular weight is 509 g/mol. The van der Waals surface area contributed by atoms with Crippen molar-refractivity contribution in [3.63, 3.8) is 0 Å². The number of nitrogens with zero attached hydrogens (tertiary/aromatic N) is 4. The van der Waals surface area contributed by atoms with Gasteiger partial charge in [-0.2, -0.15) is 0 Å². The van der Waals surface area contributed by atoms with Gasteiger partial charge >= 0.3 is 0 Å². The minimum Gasteiger partial charge on any atom is -0.474 e. The maximum atomic E-state index is 11.9. The third kappa shape index (κ3) is 4.69. The van der Waals surface area contributed by atoms with Crippen molar-refractivity contribution in [2.75, 3.05) is 50.8 Å². The maximum absolute atomic E-state index is 11.9. The van der Waals surface area contributed by atoms with Gasteiger partial charge < -0.3 is 14.5 Å². The van der Waals surface area contributed by atoms with Gasteiger partial charge in [0.15, 0.2) is 0 Å². The zero-order valence-electron chi connectivity index (χ0n) is 22.2. The predicted octanol–water partition coefficient (Wildman–Crippen LogP) is 5.24. The molecule has 0 radical (unpaired) electrons. The van der Waals surface area contributed by atoms with E-state index in [2.05, 4.69) is 84.0 Å². The number of likely N-dealkylation sites (N-methyl/N-ethyl adjacent to an activating group) is 1. The smallest absolute Gasteiger partial charge is 0.245 e. The predicted molar refractivity (Wildman–Crippen MR) is 152 cm³/mol. The van der Waals surface area contributed by atoms with E-state index >= 15 is 0 Å². The molecule has 0 unspecified atom stereocenters. The van der Waals surface area contributed by atoms with E-state index in [1.54, 1.807) is 0 Å². The molecule has 2 saturated heterocycles. The molecule has 0 bridgehead atoms. The minimum atomic E-state index is 0.0641. The second-order valence-electron chi connectivity index (χ2n) is 10.9. The molecule has 1 aromatic heterocycles. The highest BCUT2D eigenvalue weighted by atomic mass is 16.5. The molecule has 4 heterocycles. The number of rotatable bonds is 6. The van der Waals surface area contributed by atoms with Gasteiger partial charge in [0, 0.05) is 50.4 Å². The standard InChI is InChI=1S/C32H36N4O2/c1-3-29(37)36-16-14-32(15-17-36)22-34(23-32)21-24-10-12-26(13-11-24)30-27(25-8-6-5-7-9-25)20-28-31(33-30)38-19-18-35(28)4-2/h3,5-13,20H,1,4,14-19,21-23H2,2H3. The highest BCUT2D eigenvalue weighted by Gasteiger charge is 2.44. The van der Waals surface area contributed by atoms with E-state index in [-0.39, 0.29) is 5.91 Å². The number of carbonyl (C=O) groups excluding carboxylic acids is 1. The lowest BCUT2D eigenvalue weighted by Crippen LogP contribution is -2.60. The largest absolute Gasteiger partial charge is 0.474 e. The summed E-state index contributed by atoms with van der Waals surface area (Å²) in [5.41, 5.74) is 7.12. The van der Waals surface area contributed by atoms with Crippen LogP contribution in [0.25, 0.3) is 22.4 Å². The molecule has 3 aliphatic rings. The lowest BCUT2D eigenvalue weighted by molar-refractivity contribution is -0.131. The number of likely N-dealkylation sites (tertiary alicyclic amines) is 2. The Morgan fingerprint density at radius 3 is 2.45 bits per heavy atom.